The normalized spacial score (nSPS) is 16.1. The Kier molecular flexibility index (Phi) is 3.61. The van der Waals surface area contributed by atoms with Gasteiger partial charge in [0.05, 0.1) is 10.5 Å². The van der Waals surface area contributed by atoms with Crippen LogP contribution in [0.4, 0.5) is 17.1 Å². The molecule has 2 aromatic rings. The molecule has 2 N–H and O–H groups in total. The van der Waals surface area contributed by atoms with Crippen LogP contribution in [-0.2, 0) is 0 Å². The number of rotatable bonds is 3. The van der Waals surface area contributed by atoms with Gasteiger partial charge in [-0.2, -0.15) is 0 Å². The maximum atomic E-state index is 12.2. The predicted octanol–water partition coefficient (Wildman–Crippen LogP) is 2.51. The highest BCUT2D eigenvalue weighted by Gasteiger charge is 2.26. The number of nitro groups is 1. The second kappa shape index (κ2) is 5.60. The van der Waals surface area contributed by atoms with Crippen LogP contribution in [0.2, 0.25) is 0 Å². The molecule has 0 saturated carbocycles. The topological polar surface area (TPSA) is 87.5 Å². The molecule has 1 aliphatic rings. The summed E-state index contributed by atoms with van der Waals surface area (Å²) in [4.78, 5) is 24.7. The molecule has 1 aliphatic heterocycles. The van der Waals surface area contributed by atoms with Gasteiger partial charge in [0.2, 0.25) is 0 Å². The molecule has 0 unspecified atom stereocenters. The zero-order valence-electron chi connectivity index (χ0n) is 12.7. The quantitative estimate of drug-likeness (QED) is 0.671. The van der Waals surface area contributed by atoms with Crippen molar-refractivity contribution in [3.63, 3.8) is 0 Å². The van der Waals surface area contributed by atoms with E-state index in [1.807, 2.05) is 12.1 Å². The number of amides is 1. The van der Waals surface area contributed by atoms with Crippen LogP contribution in [0.1, 0.15) is 22.1 Å². The molecule has 1 heterocycles. The van der Waals surface area contributed by atoms with E-state index in [0.29, 0.717) is 22.5 Å². The van der Waals surface area contributed by atoms with Crippen molar-refractivity contribution in [1.82, 2.24) is 5.32 Å². The van der Waals surface area contributed by atoms with Crippen LogP contribution >= 0.6 is 0 Å². The molecule has 1 atom stereocenters. The minimum atomic E-state index is -0.507. The molecule has 3 rings (SSSR count). The minimum absolute atomic E-state index is 0.00223. The summed E-state index contributed by atoms with van der Waals surface area (Å²) in [5, 5.41) is 17.3. The first-order chi connectivity index (χ1) is 11.0. The summed E-state index contributed by atoms with van der Waals surface area (Å²) >= 11 is 0. The second-order valence-electron chi connectivity index (χ2n) is 5.50. The molecule has 23 heavy (non-hydrogen) atoms. The van der Waals surface area contributed by atoms with E-state index >= 15 is 0 Å². The van der Waals surface area contributed by atoms with Gasteiger partial charge in [0.1, 0.15) is 11.9 Å². The highest BCUT2D eigenvalue weighted by atomic mass is 16.6. The molecular formula is C16H16N4O3. The first kappa shape index (κ1) is 14.8. The lowest BCUT2D eigenvalue weighted by Gasteiger charge is -2.28. The molecule has 0 radical (unpaired) electrons. The molecule has 7 heteroatoms. The lowest BCUT2D eigenvalue weighted by atomic mass is 10.0. The lowest BCUT2D eigenvalue weighted by molar-refractivity contribution is -0.384. The highest BCUT2D eigenvalue weighted by Crippen LogP contribution is 2.32. The summed E-state index contributed by atoms with van der Waals surface area (Å²) in [5.74, 6) is -0.205. The minimum Gasteiger partial charge on any atom is -0.372 e. The van der Waals surface area contributed by atoms with Gasteiger partial charge in [-0.25, -0.2) is 0 Å². The Morgan fingerprint density at radius 1 is 1.13 bits per heavy atom. The van der Waals surface area contributed by atoms with E-state index in [1.165, 1.54) is 6.07 Å². The molecule has 7 nitrogen and oxygen atoms in total. The Balaban J connectivity index is 1.99. The fourth-order valence-corrected chi connectivity index (χ4v) is 2.62. The SMILES string of the molecule is CN(C)c1ccc([C@@H]2NC(=O)c3ccccc3N2)cc1[N+](=O)[O-]. The molecular weight excluding hydrogens is 296 g/mol. The van der Waals surface area contributed by atoms with Crippen LogP contribution in [0.25, 0.3) is 0 Å². The van der Waals surface area contributed by atoms with E-state index in [4.69, 9.17) is 0 Å². The van der Waals surface area contributed by atoms with Gasteiger partial charge in [-0.15, -0.1) is 0 Å². The van der Waals surface area contributed by atoms with Gasteiger partial charge in [0.25, 0.3) is 11.6 Å². The number of carbonyl (C=O) groups excluding carboxylic acids is 1. The summed E-state index contributed by atoms with van der Waals surface area (Å²) < 4.78 is 0. The van der Waals surface area contributed by atoms with Crippen molar-refractivity contribution in [3.05, 3.63) is 63.7 Å². The number of nitrogens with zero attached hydrogens (tertiary/aromatic N) is 2. The van der Waals surface area contributed by atoms with Crippen LogP contribution in [-0.4, -0.2) is 24.9 Å². The zero-order valence-corrected chi connectivity index (χ0v) is 12.7. The lowest BCUT2D eigenvalue weighted by Crippen LogP contribution is -2.38. The van der Waals surface area contributed by atoms with Crippen LogP contribution < -0.4 is 15.5 Å². The van der Waals surface area contributed by atoms with E-state index in [1.54, 1.807) is 43.3 Å². The van der Waals surface area contributed by atoms with Crippen molar-refractivity contribution in [2.45, 2.75) is 6.17 Å². The smallest absolute Gasteiger partial charge is 0.292 e. The summed E-state index contributed by atoms with van der Waals surface area (Å²) in [6, 6.07) is 12.1. The first-order valence-electron chi connectivity index (χ1n) is 7.09. The fraction of sp³-hybridized carbons (Fsp3) is 0.188. The van der Waals surface area contributed by atoms with Crippen LogP contribution in [0, 0.1) is 10.1 Å². The molecule has 118 valence electrons. The number of benzene rings is 2. The maximum Gasteiger partial charge on any atom is 0.292 e. The molecule has 0 aliphatic carbocycles. The predicted molar refractivity (Wildman–Crippen MR) is 87.7 cm³/mol. The van der Waals surface area contributed by atoms with E-state index in [9.17, 15) is 14.9 Å². The van der Waals surface area contributed by atoms with Gasteiger partial charge in [-0.3, -0.25) is 14.9 Å². The third kappa shape index (κ3) is 2.68. The van der Waals surface area contributed by atoms with Crippen LogP contribution in [0.5, 0.6) is 0 Å². The van der Waals surface area contributed by atoms with Crippen LogP contribution in [0.3, 0.4) is 0 Å². The van der Waals surface area contributed by atoms with Crippen molar-refractivity contribution in [2.75, 3.05) is 24.3 Å². The molecule has 0 saturated heterocycles. The molecule has 0 aromatic heterocycles. The number of fused-ring (bicyclic) bond motifs is 1. The Morgan fingerprint density at radius 3 is 2.57 bits per heavy atom. The zero-order chi connectivity index (χ0) is 16.6. The Hall–Kier alpha value is -3.09. The number of nitro benzene ring substituents is 1. The van der Waals surface area contributed by atoms with Crippen molar-refractivity contribution >= 4 is 23.0 Å². The number of hydrogen-bond donors (Lipinski definition) is 2. The third-order valence-corrected chi connectivity index (χ3v) is 3.76. The monoisotopic (exact) mass is 312 g/mol. The van der Waals surface area contributed by atoms with E-state index in [-0.39, 0.29) is 11.6 Å². The molecule has 2 aromatic carbocycles. The second-order valence-corrected chi connectivity index (χ2v) is 5.50. The third-order valence-electron chi connectivity index (χ3n) is 3.76. The van der Waals surface area contributed by atoms with Gasteiger partial charge >= 0.3 is 0 Å². The highest BCUT2D eigenvalue weighted by molar-refractivity contribution is 6.01. The summed E-state index contributed by atoms with van der Waals surface area (Å²) in [6.07, 6.45) is -0.507. The average Bonchev–Trinajstić information content (AvgIpc) is 2.54. The van der Waals surface area contributed by atoms with Gasteiger partial charge in [0.15, 0.2) is 0 Å². The first-order valence-corrected chi connectivity index (χ1v) is 7.09. The molecule has 0 bridgehead atoms. The average molecular weight is 312 g/mol. The summed E-state index contributed by atoms with van der Waals surface area (Å²) in [6.45, 7) is 0. The molecule has 0 spiro atoms. The van der Waals surface area contributed by atoms with E-state index in [2.05, 4.69) is 10.6 Å². The van der Waals surface area contributed by atoms with Crippen molar-refractivity contribution in [1.29, 1.82) is 0 Å². The standard InChI is InChI=1S/C16H16N4O3/c1-19(2)13-8-7-10(9-14(13)20(22)23)15-17-12-6-4-3-5-11(12)16(21)18-15/h3-9,15,17H,1-2H3,(H,18,21)/t15-/m0/s1. The largest absolute Gasteiger partial charge is 0.372 e. The maximum absolute atomic E-state index is 12.2. The number of carbonyl (C=O) groups is 1. The van der Waals surface area contributed by atoms with E-state index < -0.39 is 11.1 Å². The van der Waals surface area contributed by atoms with Crippen molar-refractivity contribution in [3.8, 4) is 0 Å². The number of anilines is 2. The molecule has 0 fully saturated rings. The summed E-state index contributed by atoms with van der Waals surface area (Å²) in [5.41, 5.74) is 2.41. The van der Waals surface area contributed by atoms with Crippen LogP contribution in [0.15, 0.2) is 42.5 Å². The number of nitrogens with one attached hydrogen (secondary N) is 2. The Bertz CT molecular complexity index is 789. The van der Waals surface area contributed by atoms with Gasteiger partial charge < -0.3 is 15.5 Å². The molecule has 1 amide bonds. The number of hydrogen-bond acceptors (Lipinski definition) is 5. The van der Waals surface area contributed by atoms with E-state index in [0.717, 1.165) is 0 Å². The Labute approximate surface area is 133 Å². The Morgan fingerprint density at radius 2 is 1.87 bits per heavy atom. The van der Waals surface area contributed by atoms with Gasteiger partial charge in [-0.05, 0) is 18.2 Å². The summed E-state index contributed by atoms with van der Waals surface area (Å²) in [7, 11) is 3.50. The van der Waals surface area contributed by atoms with Gasteiger partial charge in [-0.1, -0.05) is 18.2 Å². The van der Waals surface area contributed by atoms with Crippen molar-refractivity contribution in [2.24, 2.45) is 0 Å². The fourth-order valence-electron chi connectivity index (χ4n) is 2.62. The van der Waals surface area contributed by atoms with Crippen molar-refractivity contribution < 1.29 is 9.72 Å². The van der Waals surface area contributed by atoms with Gasteiger partial charge in [0, 0.05) is 31.4 Å². The number of para-hydroxylation sites is 1.